The van der Waals surface area contributed by atoms with E-state index in [0.29, 0.717) is 12.0 Å². The minimum absolute atomic E-state index is 0.413. The Kier molecular flexibility index (Phi) is 1.18. The second kappa shape index (κ2) is 2.04. The fourth-order valence-electron chi connectivity index (χ4n) is 2.42. The van der Waals surface area contributed by atoms with Crippen LogP contribution >= 0.6 is 11.6 Å². The third-order valence-electron chi connectivity index (χ3n) is 3.15. The highest BCUT2D eigenvalue weighted by molar-refractivity contribution is 6.30. The van der Waals surface area contributed by atoms with Gasteiger partial charge in [-0.2, -0.15) is 0 Å². The highest BCUT2D eigenvalue weighted by atomic mass is 35.5. The van der Waals surface area contributed by atoms with Crippen molar-refractivity contribution in [2.24, 2.45) is 11.7 Å². The number of fused-ring (bicyclic) bond motifs is 3. The molecule has 1 aromatic rings. The van der Waals surface area contributed by atoms with Crippen LogP contribution in [-0.4, -0.2) is 6.04 Å². The van der Waals surface area contributed by atoms with Gasteiger partial charge in [0.05, 0.1) is 0 Å². The molecule has 0 aliphatic heterocycles. The van der Waals surface area contributed by atoms with Crippen LogP contribution in [0.2, 0.25) is 5.02 Å². The van der Waals surface area contributed by atoms with Gasteiger partial charge in [0.1, 0.15) is 0 Å². The smallest absolute Gasteiger partial charge is 0.0409 e. The van der Waals surface area contributed by atoms with E-state index in [9.17, 15) is 0 Å². The molecule has 1 fully saturated rings. The summed E-state index contributed by atoms with van der Waals surface area (Å²) in [5, 5.41) is 0.841. The summed E-state index contributed by atoms with van der Waals surface area (Å²) in [6.45, 7) is 0. The van der Waals surface area contributed by atoms with Gasteiger partial charge in [0.15, 0.2) is 0 Å². The third kappa shape index (κ3) is 0.732. The molecule has 0 radical (unpaired) electrons. The molecule has 2 heteroatoms. The molecule has 0 aromatic heterocycles. The molecule has 2 aliphatic carbocycles. The van der Waals surface area contributed by atoms with Crippen molar-refractivity contribution < 1.29 is 0 Å². The molecule has 0 spiro atoms. The average Bonchev–Trinajstić information content (AvgIpc) is 2.55. The maximum atomic E-state index is 5.91. The molecule has 1 aromatic carbocycles. The van der Waals surface area contributed by atoms with Gasteiger partial charge >= 0.3 is 0 Å². The van der Waals surface area contributed by atoms with Crippen LogP contribution < -0.4 is 5.73 Å². The molecule has 62 valence electrons. The molecule has 1 saturated carbocycles. The minimum atomic E-state index is 0.413. The van der Waals surface area contributed by atoms with Crippen LogP contribution in [0.4, 0.5) is 0 Å². The maximum absolute atomic E-state index is 5.91. The van der Waals surface area contributed by atoms with E-state index in [0.717, 1.165) is 10.9 Å². The van der Waals surface area contributed by atoms with Crippen molar-refractivity contribution in [2.75, 3.05) is 0 Å². The molecule has 3 atom stereocenters. The van der Waals surface area contributed by atoms with Gasteiger partial charge in [0.25, 0.3) is 0 Å². The van der Waals surface area contributed by atoms with Crippen molar-refractivity contribution in [1.82, 2.24) is 0 Å². The summed E-state index contributed by atoms with van der Waals surface area (Å²) in [6.07, 6.45) is 1.17. The number of rotatable bonds is 0. The van der Waals surface area contributed by atoms with E-state index in [-0.39, 0.29) is 0 Å². The van der Waals surface area contributed by atoms with E-state index < -0.39 is 0 Å². The van der Waals surface area contributed by atoms with Crippen LogP contribution in [0.1, 0.15) is 17.0 Å². The fourth-order valence-corrected chi connectivity index (χ4v) is 2.60. The largest absolute Gasteiger partial charge is 0.327 e. The lowest BCUT2D eigenvalue weighted by molar-refractivity contribution is 0.801. The number of hydrogen-bond donors (Lipinski definition) is 1. The number of benzene rings is 1. The second-order valence-electron chi connectivity index (χ2n) is 3.81. The Bertz CT molecular complexity index is 348. The van der Waals surface area contributed by atoms with Crippen molar-refractivity contribution in [2.45, 2.75) is 18.4 Å². The number of halogens is 1. The summed E-state index contributed by atoms with van der Waals surface area (Å²) in [7, 11) is 0. The predicted molar refractivity (Wildman–Crippen MR) is 49.4 cm³/mol. The normalized spacial score (nSPS) is 36.0. The lowest BCUT2D eigenvalue weighted by atomic mass is 10.1. The number of nitrogens with two attached hydrogens (primary N) is 1. The first kappa shape index (κ1) is 6.93. The molecule has 0 amide bonds. The van der Waals surface area contributed by atoms with E-state index in [1.54, 1.807) is 0 Å². The summed E-state index contributed by atoms with van der Waals surface area (Å²) in [5.74, 6) is 1.34. The van der Waals surface area contributed by atoms with Gasteiger partial charge in [-0.25, -0.2) is 0 Å². The van der Waals surface area contributed by atoms with Crippen molar-refractivity contribution in [3.05, 3.63) is 34.3 Å². The zero-order valence-electron chi connectivity index (χ0n) is 6.63. The Labute approximate surface area is 76.5 Å². The van der Waals surface area contributed by atoms with Gasteiger partial charge in [0, 0.05) is 17.0 Å². The van der Waals surface area contributed by atoms with E-state index >= 15 is 0 Å². The van der Waals surface area contributed by atoms with Gasteiger partial charge < -0.3 is 5.73 Å². The van der Waals surface area contributed by atoms with Crippen LogP contribution in [0.15, 0.2) is 18.2 Å². The fraction of sp³-hybridized carbons (Fsp3) is 0.400. The molecule has 12 heavy (non-hydrogen) atoms. The lowest BCUT2D eigenvalue weighted by Gasteiger charge is -2.04. The van der Waals surface area contributed by atoms with Gasteiger partial charge in [0.2, 0.25) is 0 Å². The standard InChI is InChI=1S/C10H10ClN/c11-6-2-1-5-3-8-9(10(8)12)7(5)4-6/h1-2,4,8-10H,3,12H2. The van der Waals surface area contributed by atoms with Gasteiger partial charge in [-0.15, -0.1) is 0 Å². The minimum Gasteiger partial charge on any atom is -0.327 e. The third-order valence-corrected chi connectivity index (χ3v) is 3.39. The summed E-state index contributed by atoms with van der Waals surface area (Å²) < 4.78 is 0. The molecule has 2 N–H and O–H groups in total. The van der Waals surface area contributed by atoms with E-state index in [1.165, 1.54) is 17.5 Å². The topological polar surface area (TPSA) is 26.0 Å². The first-order valence-electron chi connectivity index (χ1n) is 4.31. The molecule has 1 nitrogen and oxygen atoms in total. The van der Waals surface area contributed by atoms with Crippen molar-refractivity contribution in [3.8, 4) is 0 Å². The highest BCUT2D eigenvalue weighted by Crippen LogP contribution is 2.55. The molecule has 3 rings (SSSR count). The zero-order valence-corrected chi connectivity index (χ0v) is 7.38. The molecular formula is C10H10ClN. The molecule has 2 aliphatic rings. The average molecular weight is 180 g/mol. The van der Waals surface area contributed by atoms with Gasteiger partial charge in [-0.05, 0) is 35.6 Å². The van der Waals surface area contributed by atoms with Crippen LogP contribution in [0.25, 0.3) is 0 Å². The summed E-state index contributed by atoms with van der Waals surface area (Å²) in [5.41, 5.74) is 8.75. The first-order valence-corrected chi connectivity index (χ1v) is 4.69. The summed E-state index contributed by atoms with van der Waals surface area (Å²) >= 11 is 5.91. The lowest BCUT2D eigenvalue weighted by Crippen LogP contribution is -2.08. The second-order valence-corrected chi connectivity index (χ2v) is 4.25. The summed E-state index contributed by atoms with van der Waals surface area (Å²) in [6, 6.07) is 6.60. The maximum Gasteiger partial charge on any atom is 0.0409 e. The highest BCUT2D eigenvalue weighted by Gasteiger charge is 2.53. The van der Waals surface area contributed by atoms with Crippen LogP contribution in [0.3, 0.4) is 0 Å². The Morgan fingerprint density at radius 3 is 3.08 bits per heavy atom. The Hall–Kier alpha value is -0.530. The predicted octanol–water partition coefficient (Wildman–Crippen LogP) is 1.94. The molecule has 0 bridgehead atoms. The van der Waals surface area contributed by atoms with Crippen molar-refractivity contribution >= 4 is 11.6 Å². The van der Waals surface area contributed by atoms with Crippen LogP contribution in [0, 0.1) is 5.92 Å². The SMILES string of the molecule is NC1C2Cc3ccc(Cl)cc3C12. The van der Waals surface area contributed by atoms with E-state index in [4.69, 9.17) is 17.3 Å². The van der Waals surface area contributed by atoms with Crippen molar-refractivity contribution in [3.63, 3.8) is 0 Å². The first-order chi connectivity index (χ1) is 5.77. The Balaban J connectivity index is 2.12. The molecule has 0 heterocycles. The number of hydrogen-bond acceptors (Lipinski definition) is 1. The summed E-state index contributed by atoms with van der Waals surface area (Å²) in [4.78, 5) is 0. The molecule has 0 saturated heterocycles. The van der Waals surface area contributed by atoms with Gasteiger partial charge in [-0.3, -0.25) is 0 Å². The molecular weight excluding hydrogens is 170 g/mol. The van der Waals surface area contributed by atoms with E-state index in [2.05, 4.69) is 12.1 Å². The molecule has 3 unspecified atom stereocenters. The van der Waals surface area contributed by atoms with Crippen LogP contribution in [0.5, 0.6) is 0 Å². The quantitative estimate of drug-likeness (QED) is 0.647. The monoisotopic (exact) mass is 179 g/mol. The Morgan fingerprint density at radius 2 is 2.25 bits per heavy atom. The van der Waals surface area contributed by atoms with Gasteiger partial charge in [-0.1, -0.05) is 17.7 Å². The zero-order chi connectivity index (χ0) is 8.29. The Morgan fingerprint density at radius 1 is 1.42 bits per heavy atom. The van der Waals surface area contributed by atoms with Crippen LogP contribution in [-0.2, 0) is 6.42 Å². The van der Waals surface area contributed by atoms with E-state index in [1.807, 2.05) is 6.07 Å². The van der Waals surface area contributed by atoms with Crippen molar-refractivity contribution in [1.29, 1.82) is 0 Å².